The first-order valence-corrected chi connectivity index (χ1v) is 7.25. The molecule has 0 saturated carbocycles. The average molecular weight is 321 g/mol. The van der Waals surface area contributed by atoms with Gasteiger partial charge in [-0.25, -0.2) is 9.59 Å². The molecule has 6 nitrogen and oxygen atoms in total. The van der Waals surface area contributed by atoms with Crippen LogP contribution in [0.5, 0.6) is 0 Å². The van der Waals surface area contributed by atoms with E-state index in [0.717, 1.165) is 0 Å². The summed E-state index contributed by atoms with van der Waals surface area (Å²) in [7, 11) is 2.80. The molecule has 126 valence electrons. The largest absolute Gasteiger partial charge is 0.465 e. The lowest BCUT2D eigenvalue weighted by molar-refractivity contribution is 0.0231. The third kappa shape index (κ3) is 5.09. The Morgan fingerprint density at radius 2 is 1.52 bits per heavy atom. The van der Waals surface area contributed by atoms with Gasteiger partial charge in [0.15, 0.2) is 5.78 Å². The molecule has 0 N–H and O–H groups in total. The van der Waals surface area contributed by atoms with Crippen molar-refractivity contribution < 1.29 is 23.9 Å². The number of hydrogen-bond acceptors (Lipinski definition) is 5. The molecule has 1 rings (SSSR count). The van der Waals surface area contributed by atoms with Gasteiger partial charge in [0.05, 0.1) is 18.7 Å². The lowest BCUT2D eigenvalue weighted by Gasteiger charge is -2.28. The Kier molecular flexibility index (Phi) is 5.90. The summed E-state index contributed by atoms with van der Waals surface area (Å²) in [4.78, 5) is 37.1. The number of amides is 1. The SMILES string of the molecule is COC(=O)c1ccc(C(=O)C(C)N(C)C(=O)OC(C)(C)C)cc1. The van der Waals surface area contributed by atoms with Crippen LogP contribution in [0.1, 0.15) is 48.4 Å². The van der Waals surface area contributed by atoms with Crippen LogP contribution in [0.3, 0.4) is 0 Å². The van der Waals surface area contributed by atoms with Gasteiger partial charge in [-0.2, -0.15) is 0 Å². The van der Waals surface area contributed by atoms with Crippen molar-refractivity contribution in [3.05, 3.63) is 35.4 Å². The summed E-state index contributed by atoms with van der Waals surface area (Å²) >= 11 is 0. The standard InChI is InChI=1S/C17H23NO5/c1-11(18(5)16(21)23-17(2,3)4)14(19)12-7-9-13(10-8-12)15(20)22-6/h7-11H,1-6H3. The van der Waals surface area contributed by atoms with Crippen molar-refractivity contribution >= 4 is 17.8 Å². The number of ether oxygens (including phenoxy) is 2. The zero-order chi connectivity index (χ0) is 17.8. The van der Waals surface area contributed by atoms with Crippen LogP contribution in [0.2, 0.25) is 0 Å². The Morgan fingerprint density at radius 3 is 1.96 bits per heavy atom. The molecule has 0 spiro atoms. The number of ketones is 1. The summed E-state index contributed by atoms with van der Waals surface area (Å²) in [5.74, 6) is -0.710. The van der Waals surface area contributed by atoms with E-state index >= 15 is 0 Å². The second-order valence-corrected chi connectivity index (χ2v) is 6.20. The normalized spacial score (nSPS) is 12.3. The molecule has 23 heavy (non-hydrogen) atoms. The summed E-state index contributed by atoms with van der Waals surface area (Å²) in [6, 6.07) is 5.41. The van der Waals surface area contributed by atoms with E-state index in [1.165, 1.54) is 43.3 Å². The van der Waals surface area contributed by atoms with Crippen LogP contribution >= 0.6 is 0 Å². The molecule has 1 aromatic rings. The van der Waals surface area contributed by atoms with Gasteiger partial charge < -0.3 is 14.4 Å². The fourth-order valence-electron chi connectivity index (χ4n) is 1.80. The Hall–Kier alpha value is -2.37. The maximum absolute atomic E-state index is 12.4. The van der Waals surface area contributed by atoms with Gasteiger partial charge in [-0.3, -0.25) is 4.79 Å². The molecule has 0 fully saturated rings. The van der Waals surface area contributed by atoms with E-state index in [2.05, 4.69) is 4.74 Å². The van der Waals surface area contributed by atoms with Crippen LogP contribution in [0.15, 0.2) is 24.3 Å². The molecule has 0 heterocycles. The van der Waals surface area contributed by atoms with Gasteiger partial charge in [0.25, 0.3) is 0 Å². The highest BCUT2D eigenvalue weighted by molar-refractivity contribution is 6.02. The number of Topliss-reactive ketones (excluding diaryl/α,β-unsaturated/α-hetero) is 1. The van der Waals surface area contributed by atoms with Crippen molar-refractivity contribution in [3.8, 4) is 0 Å². The Labute approximate surface area is 136 Å². The molecule has 1 atom stereocenters. The summed E-state index contributed by atoms with van der Waals surface area (Å²) < 4.78 is 9.85. The molecule has 6 heteroatoms. The van der Waals surface area contributed by atoms with Crippen molar-refractivity contribution in [2.45, 2.75) is 39.3 Å². The monoisotopic (exact) mass is 321 g/mol. The van der Waals surface area contributed by atoms with E-state index in [1.54, 1.807) is 27.7 Å². The minimum Gasteiger partial charge on any atom is -0.465 e. The van der Waals surface area contributed by atoms with Gasteiger partial charge in [-0.05, 0) is 39.8 Å². The Morgan fingerprint density at radius 1 is 1.04 bits per heavy atom. The molecule has 0 aliphatic rings. The van der Waals surface area contributed by atoms with E-state index < -0.39 is 23.7 Å². The number of rotatable bonds is 4. The van der Waals surface area contributed by atoms with Gasteiger partial charge in [0.2, 0.25) is 0 Å². The molecule has 1 aromatic carbocycles. The first-order valence-electron chi connectivity index (χ1n) is 7.25. The average Bonchev–Trinajstić information content (AvgIpc) is 2.50. The highest BCUT2D eigenvalue weighted by Crippen LogP contribution is 2.14. The van der Waals surface area contributed by atoms with Crippen LogP contribution in [0, 0.1) is 0 Å². The molecular weight excluding hydrogens is 298 g/mol. The second-order valence-electron chi connectivity index (χ2n) is 6.20. The predicted molar refractivity (Wildman–Crippen MR) is 85.6 cm³/mol. The number of hydrogen-bond donors (Lipinski definition) is 0. The van der Waals surface area contributed by atoms with E-state index in [1.807, 2.05) is 0 Å². The maximum Gasteiger partial charge on any atom is 0.410 e. The number of esters is 1. The van der Waals surface area contributed by atoms with E-state index in [-0.39, 0.29) is 5.78 Å². The smallest absolute Gasteiger partial charge is 0.410 e. The fraction of sp³-hybridized carbons (Fsp3) is 0.471. The quantitative estimate of drug-likeness (QED) is 0.630. The highest BCUT2D eigenvalue weighted by atomic mass is 16.6. The summed E-state index contributed by atoms with van der Waals surface area (Å²) in [5.41, 5.74) is 0.133. The van der Waals surface area contributed by atoms with Crippen LogP contribution in [0.25, 0.3) is 0 Å². The van der Waals surface area contributed by atoms with Crippen molar-refractivity contribution in [1.82, 2.24) is 4.90 Å². The molecule has 1 unspecified atom stereocenters. The van der Waals surface area contributed by atoms with Crippen LogP contribution in [-0.2, 0) is 9.47 Å². The first-order chi connectivity index (χ1) is 10.6. The second kappa shape index (κ2) is 7.26. The Bertz CT molecular complexity index is 586. The summed E-state index contributed by atoms with van der Waals surface area (Å²) in [6.07, 6.45) is -0.565. The minimum absolute atomic E-state index is 0.241. The molecule has 0 aliphatic carbocycles. The van der Waals surface area contributed by atoms with Gasteiger partial charge in [-0.1, -0.05) is 12.1 Å². The highest BCUT2D eigenvalue weighted by Gasteiger charge is 2.27. The number of likely N-dealkylation sites (N-methyl/N-ethyl adjacent to an activating group) is 1. The van der Waals surface area contributed by atoms with Crippen molar-refractivity contribution in [2.24, 2.45) is 0 Å². The third-order valence-corrected chi connectivity index (χ3v) is 3.23. The van der Waals surface area contributed by atoms with Crippen molar-refractivity contribution in [1.29, 1.82) is 0 Å². The molecule has 0 radical (unpaired) electrons. The van der Waals surface area contributed by atoms with Crippen molar-refractivity contribution in [3.63, 3.8) is 0 Å². The third-order valence-electron chi connectivity index (χ3n) is 3.23. The van der Waals surface area contributed by atoms with Crippen molar-refractivity contribution in [2.75, 3.05) is 14.2 Å². The molecule has 0 bridgehead atoms. The topological polar surface area (TPSA) is 72.9 Å². The van der Waals surface area contributed by atoms with E-state index in [9.17, 15) is 14.4 Å². The number of methoxy groups -OCH3 is 1. The molecule has 0 aliphatic heterocycles. The predicted octanol–water partition coefficient (Wildman–Crippen LogP) is 2.91. The van der Waals surface area contributed by atoms with Gasteiger partial charge in [0.1, 0.15) is 5.60 Å². The van der Waals surface area contributed by atoms with Crippen LogP contribution in [0.4, 0.5) is 4.79 Å². The summed E-state index contributed by atoms with van der Waals surface area (Å²) in [5, 5.41) is 0. The van der Waals surface area contributed by atoms with E-state index in [0.29, 0.717) is 11.1 Å². The number of carbonyl (C=O) groups is 3. The van der Waals surface area contributed by atoms with Gasteiger partial charge in [-0.15, -0.1) is 0 Å². The summed E-state index contributed by atoms with van der Waals surface area (Å²) in [6.45, 7) is 6.91. The molecule has 0 aromatic heterocycles. The lowest BCUT2D eigenvalue weighted by Crippen LogP contribution is -2.43. The number of carbonyl (C=O) groups excluding carboxylic acids is 3. The van der Waals surface area contributed by atoms with E-state index in [4.69, 9.17) is 4.74 Å². The number of nitrogens with zero attached hydrogens (tertiary/aromatic N) is 1. The minimum atomic E-state index is -0.686. The number of benzene rings is 1. The maximum atomic E-state index is 12.4. The molecule has 0 saturated heterocycles. The molecular formula is C17H23NO5. The van der Waals surface area contributed by atoms with Gasteiger partial charge in [0, 0.05) is 12.6 Å². The van der Waals surface area contributed by atoms with Crippen LogP contribution in [-0.4, -0.2) is 48.5 Å². The zero-order valence-electron chi connectivity index (χ0n) is 14.4. The molecule has 1 amide bonds. The lowest BCUT2D eigenvalue weighted by atomic mass is 10.0. The zero-order valence-corrected chi connectivity index (χ0v) is 14.4. The fourth-order valence-corrected chi connectivity index (χ4v) is 1.80. The first kappa shape index (κ1) is 18.7. The Balaban J connectivity index is 2.83. The van der Waals surface area contributed by atoms with Crippen LogP contribution < -0.4 is 0 Å². The van der Waals surface area contributed by atoms with Gasteiger partial charge >= 0.3 is 12.1 Å².